The number of likely N-dealkylation sites (N-methyl/N-ethyl adjacent to an activating group) is 1. The minimum Gasteiger partial charge on any atom is -0.309 e. The first-order chi connectivity index (χ1) is 10.2. The number of para-hydroxylation sites is 1. The van der Waals surface area contributed by atoms with Crippen LogP contribution in [-0.2, 0) is 13.5 Å². The van der Waals surface area contributed by atoms with Crippen molar-refractivity contribution < 1.29 is 0 Å². The minimum absolute atomic E-state index is 0.277. The molecule has 110 valence electrons. The molecule has 0 saturated heterocycles. The van der Waals surface area contributed by atoms with Crippen LogP contribution in [0.2, 0.25) is 0 Å². The Kier molecular flexibility index (Phi) is 4.03. The predicted octanol–water partition coefficient (Wildman–Crippen LogP) is 3.23. The van der Waals surface area contributed by atoms with E-state index in [-0.39, 0.29) is 6.04 Å². The Morgan fingerprint density at radius 3 is 2.86 bits per heavy atom. The molecule has 0 spiro atoms. The van der Waals surface area contributed by atoms with Gasteiger partial charge >= 0.3 is 0 Å². The second-order valence-electron chi connectivity index (χ2n) is 5.18. The molecule has 0 aliphatic carbocycles. The first-order valence-corrected chi connectivity index (χ1v) is 8.07. The van der Waals surface area contributed by atoms with E-state index in [0.717, 1.165) is 23.7 Å². The van der Waals surface area contributed by atoms with E-state index in [1.807, 2.05) is 24.9 Å². The van der Waals surface area contributed by atoms with Crippen molar-refractivity contribution in [3.63, 3.8) is 0 Å². The number of nitrogens with one attached hydrogen (secondary N) is 1. The first kappa shape index (κ1) is 14.2. The van der Waals surface area contributed by atoms with E-state index in [9.17, 15) is 0 Å². The smallest absolute Gasteiger partial charge is 0.0897 e. The van der Waals surface area contributed by atoms with Gasteiger partial charge in [-0.15, -0.1) is 11.3 Å². The lowest BCUT2D eigenvalue weighted by Crippen LogP contribution is -2.22. The van der Waals surface area contributed by atoms with Gasteiger partial charge in [-0.25, -0.2) is 4.98 Å². The van der Waals surface area contributed by atoms with Crippen molar-refractivity contribution in [3.05, 3.63) is 46.0 Å². The quantitative estimate of drug-likeness (QED) is 0.786. The molecule has 21 heavy (non-hydrogen) atoms. The third-order valence-corrected chi connectivity index (χ3v) is 4.69. The van der Waals surface area contributed by atoms with Gasteiger partial charge in [0.15, 0.2) is 0 Å². The van der Waals surface area contributed by atoms with Gasteiger partial charge in [-0.2, -0.15) is 5.10 Å². The lowest BCUT2D eigenvalue weighted by Gasteiger charge is -2.14. The number of benzene rings is 1. The molecule has 1 N–H and O–H groups in total. The Morgan fingerprint density at radius 2 is 2.14 bits per heavy atom. The standard InChI is InChI=1S/C16H20N4S/c1-4-17-14(16-10-18-11(2)21-16)9-13-12-7-5-6-8-15(12)20(3)19-13/h5-8,10,14,17H,4,9H2,1-3H3. The molecule has 0 radical (unpaired) electrons. The monoisotopic (exact) mass is 300 g/mol. The lowest BCUT2D eigenvalue weighted by atomic mass is 10.1. The van der Waals surface area contributed by atoms with Crippen LogP contribution < -0.4 is 5.32 Å². The van der Waals surface area contributed by atoms with Gasteiger partial charge in [-0.1, -0.05) is 25.1 Å². The summed E-state index contributed by atoms with van der Waals surface area (Å²) in [6, 6.07) is 8.68. The molecule has 4 nitrogen and oxygen atoms in total. The summed E-state index contributed by atoms with van der Waals surface area (Å²) in [7, 11) is 2.00. The van der Waals surface area contributed by atoms with Crippen molar-refractivity contribution in [1.29, 1.82) is 0 Å². The molecular weight excluding hydrogens is 280 g/mol. The van der Waals surface area contributed by atoms with Crippen molar-refractivity contribution in [2.24, 2.45) is 7.05 Å². The Balaban J connectivity index is 1.94. The number of rotatable bonds is 5. The number of nitrogens with zero attached hydrogens (tertiary/aromatic N) is 3. The second kappa shape index (κ2) is 5.95. The highest BCUT2D eigenvalue weighted by molar-refractivity contribution is 7.11. The van der Waals surface area contributed by atoms with Crippen LogP contribution >= 0.6 is 11.3 Å². The molecule has 0 bridgehead atoms. The molecule has 3 rings (SSSR count). The topological polar surface area (TPSA) is 42.7 Å². The molecule has 1 unspecified atom stereocenters. The highest BCUT2D eigenvalue weighted by Gasteiger charge is 2.17. The molecule has 5 heteroatoms. The normalized spacial score (nSPS) is 12.9. The van der Waals surface area contributed by atoms with Crippen LogP contribution in [0.15, 0.2) is 30.5 Å². The summed E-state index contributed by atoms with van der Waals surface area (Å²) in [4.78, 5) is 5.66. The average molecular weight is 300 g/mol. The second-order valence-corrected chi connectivity index (χ2v) is 6.45. The Bertz CT molecular complexity index is 744. The molecule has 1 atom stereocenters. The number of fused-ring (bicyclic) bond motifs is 1. The summed E-state index contributed by atoms with van der Waals surface area (Å²) in [5.41, 5.74) is 2.33. The van der Waals surface area contributed by atoms with Gasteiger partial charge in [0.05, 0.1) is 16.2 Å². The third kappa shape index (κ3) is 2.84. The lowest BCUT2D eigenvalue weighted by molar-refractivity contribution is 0.548. The molecule has 0 amide bonds. The molecule has 0 saturated carbocycles. The highest BCUT2D eigenvalue weighted by atomic mass is 32.1. The molecular formula is C16H20N4S. The van der Waals surface area contributed by atoms with Gasteiger partial charge in [0.25, 0.3) is 0 Å². The van der Waals surface area contributed by atoms with Crippen LogP contribution in [0.25, 0.3) is 10.9 Å². The van der Waals surface area contributed by atoms with E-state index >= 15 is 0 Å². The van der Waals surface area contributed by atoms with Crippen LogP contribution in [0.4, 0.5) is 0 Å². The summed E-state index contributed by atoms with van der Waals surface area (Å²) in [6.45, 7) is 5.12. The van der Waals surface area contributed by atoms with Gasteiger partial charge in [-0.3, -0.25) is 4.68 Å². The maximum Gasteiger partial charge on any atom is 0.0897 e. The molecule has 0 aliphatic rings. The fourth-order valence-corrected chi connectivity index (χ4v) is 3.55. The van der Waals surface area contributed by atoms with E-state index in [2.05, 4.69) is 41.5 Å². The van der Waals surface area contributed by atoms with Crippen LogP contribution in [0.5, 0.6) is 0 Å². The zero-order chi connectivity index (χ0) is 14.8. The maximum atomic E-state index is 4.71. The highest BCUT2D eigenvalue weighted by Crippen LogP contribution is 2.26. The summed E-state index contributed by atoms with van der Waals surface area (Å²) in [6.07, 6.45) is 2.87. The average Bonchev–Trinajstić information content (AvgIpc) is 3.04. The molecule has 2 aromatic heterocycles. The predicted molar refractivity (Wildman–Crippen MR) is 87.7 cm³/mol. The zero-order valence-corrected chi connectivity index (χ0v) is 13.4. The maximum absolute atomic E-state index is 4.71. The fourth-order valence-electron chi connectivity index (χ4n) is 2.69. The molecule has 3 aromatic rings. The van der Waals surface area contributed by atoms with E-state index in [1.165, 1.54) is 15.8 Å². The number of aryl methyl sites for hydroxylation is 2. The number of hydrogen-bond donors (Lipinski definition) is 1. The van der Waals surface area contributed by atoms with Gasteiger partial charge in [0.2, 0.25) is 0 Å². The first-order valence-electron chi connectivity index (χ1n) is 7.25. The van der Waals surface area contributed by atoms with Crippen molar-refractivity contribution in [3.8, 4) is 0 Å². The van der Waals surface area contributed by atoms with Crippen LogP contribution in [-0.4, -0.2) is 21.3 Å². The van der Waals surface area contributed by atoms with Crippen molar-refractivity contribution in [2.75, 3.05) is 6.54 Å². The van der Waals surface area contributed by atoms with Crippen molar-refractivity contribution in [1.82, 2.24) is 20.1 Å². The fraction of sp³-hybridized carbons (Fsp3) is 0.375. The van der Waals surface area contributed by atoms with Crippen LogP contribution in [0.1, 0.15) is 28.5 Å². The molecule has 1 aromatic carbocycles. The van der Waals surface area contributed by atoms with E-state index < -0.39 is 0 Å². The number of aromatic nitrogens is 3. The summed E-state index contributed by atoms with van der Waals surface area (Å²) in [5.74, 6) is 0. The van der Waals surface area contributed by atoms with E-state index in [1.54, 1.807) is 11.3 Å². The Labute approximate surface area is 128 Å². The SMILES string of the molecule is CCNC(Cc1nn(C)c2ccccc12)c1cnc(C)s1. The summed E-state index contributed by atoms with van der Waals surface area (Å²) >= 11 is 1.76. The Hall–Kier alpha value is -1.72. The van der Waals surface area contributed by atoms with Gasteiger partial charge in [0, 0.05) is 36.0 Å². The van der Waals surface area contributed by atoms with Gasteiger partial charge < -0.3 is 5.32 Å². The van der Waals surface area contributed by atoms with Crippen LogP contribution in [0, 0.1) is 6.92 Å². The Morgan fingerprint density at radius 1 is 1.33 bits per heavy atom. The van der Waals surface area contributed by atoms with E-state index in [0.29, 0.717) is 0 Å². The minimum atomic E-state index is 0.277. The van der Waals surface area contributed by atoms with Crippen LogP contribution in [0.3, 0.4) is 0 Å². The van der Waals surface area contributed by atoms with Crippen molar-refractivity contribution in [2.45, 2.75) is 26.3 Å². The number of hydrogen-bond acceptors (Lipinski definition) is 4. The zero-order valence-electron chi connectivity index (χ0n) is 12.6. The van der Waals surface area contributed by atoms with E-state index in [4.69, 9.17) is 5.10 Å². The third-order valence-electron chi connectivity index (χ3n) is 3.66. The molecule has 0 fully saturated rings. The largest absolute Gasteiger partial charge is 0.309 e. The summed E-state index contributed by atoms with van der Waals surface area (Å²) < 4.78 is 1.96. The molecule has 2 heterocycles. The van der Waals surface area contributed by atoms with Gasteiger partial charge in [0.1, 0.15) is 0 Å². The summed E-state index contributed by atoms with van der Waals surface area (Å²) in [5, 5.41) is 10.6. The number of thiazole rings is 1. The molecule has 0 aliphatic heterocycles. The van der Waals surface area contributed by atoms with Gasteiger partial charge in [-0.05, 0) is 19.5 Å². The van der Waals surface area contributed by atoms with Crippen molar-refractivity contribution >= 4 is 22.2 Å².